The number of hydrogen-bond acceptors (Lipinski definition) is 3. The topological polar surface area (TPSA) is 62.3 Å². The van der Waals surface area contributed by atoms with Gasteiger partial charge in [-0.3, -0.25) is 9.59 Å². The number of pyridine rings is 1. The minimum atomic E-state index is -0.0728. The summed E-state index contributed by atoms with van der Waals surface area (Å²) in [4.78, 5) is 29.1. The Bertz CT molecular complexity index is 485. The van der Waals surface area contributed by atoms with Crippen molar-refractivity contribution in [2.75, 3.05) is 18.4 Å². The minimum absolute atomic E-state index is 0.0574. The fourth-order valence-electron chi connectivity index (χ4n) is 2.16. The lowest BCUT2D eigenvalue weighted by Crippen LogP contribution is -2.40. The molecule has 19 heavy (non-hydrogen) atoms. The quantitative estimate of drug-likeness (QED) is 0.901. The van der Waals surface area contributed by atoms with Crippen LogP contribution in [0, 0.1) is 5.92 Å². The maximum Gasteiger partial charge on any atom is 0.228 e. The van der Waals surface area contributed by atoms with E-state index in [0.717, 1.165) is 0 Å². The van der Waals surface area contributed by atoms with Gasteiger partial charge < -0.3 is 10.2 Å². The Morgan fingerprint density at radius 3 is 2.68 bits per heavy atom. The fourth-order valence-corrected chi connectivity index (χ4v) is 2.32. The number of likely N-dealkylation sites (tertiary alicyclic amines) is 1. The maximum atomic E-state index is 12.1. The van der Waals surface area contributed by atoms with E-state index in [4.69, 9.17) is 11.6 Å². The second-order valence-corrected chi connectivity index (χ2v) is 5.07. The van der Waals surface area contributed by atoms with Gasteiger partial charge in [0, 0.05) is 37.2 Å². The molecule has 2 amide bonds. The molecule has 5 nitrogen and oxygen atoms in total. The average molecular weight is 282 g/mol. The number of aromatic nitrogens is 1. The summed E-state index contributed by atoms with van der Waals surface area (Å²) in [5.74, 6) is 0.399. The molecule has 0 radical (unpaired) electrons. The van der Waals surface area contributed by atoms with E-state index in [1.54, 1.807) is 30.2 Å². The molecule has 1 aromatic heterocycles. The molecule has 6 heteroatoms. The molecule has 1 fully saturated rings. The molecule has 0 atom stereocenters. The summed E-state index contributed by atoms with van der Waals surface area (Å²) < 4.78 is 0. The van der Waals surface area contributed by atoms with Crippen molar-refractivity contribution in [3.8, 4) is 0 Å². The minimum Gasteiger partial charge on any atom is -0.343 e. The van der Waals surface area contributed by atoms with Crippen LogP contribution in [0.4, 0.5) is 5.82 Å². The van der Waals surface area contributed by atoms with Gasteiger partial charge in [0.2, 0.25) is 11.8 Å². The summed E-state index contributed by atoms with van der Waals surface area (Å²) in [6.45, 7) is 2.82. The van der Waals surface area contributed by atoms with Gasteiger partial charge in [0.15, 0.2) is 0 Å². The molecule has 2 heterocycles. The molecule has 1 aromatic rings. The van der Waals surface area contributed by atoms with Crippen LogP contribution in [0.2, 0.25) is 5.02 Å². The lowest BCUT2D eigenvalue weighted by Gasteiger charge is -2.30. The molecular formula is C13H16ClN3O2. The fraction of sp³-hybridized carbons (Fsp3) is 0.462. The van der Waals surface area contributed by atoms with Crippen LogP contribution in [0.1, 0.15) is 19.8 Å². The number of halogens is 1. The van der Waals surface area contributed by atoms with Crippen LogP contribution in [0.3, 0.4) is 0 Å². The van der Waals surface area contributed by atoms with Crippen LogP contribution in [0.25, 0.3) is 0 Å². The molecule has 1 N–H and O–H groups in total. The number of nitrogens with zero attached hydrogens (tertiary/aromatic N) is 2. The summed E-state index contributed by atoms with van der Waals surface area (Å²) in [6, 6.07) is 3.27. The summed E-state index contributed by atoms with van der Waals surface area (Å²) in [5, 5.41) is 3.30. The third-order valence-electron chi connectivity index (χ3n) is 3.28. The normalized spacial score (nSPS) is 16.2. The van der Waals surface area contributed by atoms with Gasteiger partial charge in [0.25, 0.3) is 0 Å². The Balaban J connectivity index is 1.90. The Labute approximate surface area is 117 Å². The molecule has 102 valence electrons. The van der Waals surface area contributed by atoms with E-state index >= 15 is 0 Å². The zero-order chi connectivity index (χ0) is 13.8. The molecule has 0 saturated carbocycles. The molecule has 0 unspecified atom stereocenters. The number of hydrogen-bond donors (Lipinski definition) is 1. The number of carbonyl (C=O) groups excluding carboxylic acids is 2. The monoisotopic (exact) mass is 281 g/mol. The number of anilines is 1. The third-order valence-corrected chi connectivity index (χ3v) is 3.52. The molecule has 2 rings (SSSR count). The van der Waals surface area contributed by atoms with Crippen molar-refractivity contribution in [1.29, 1.82) is 0 Å². The highest BCUT2D eigenvalue weighted by molar-refractivity contribution is 6.30. The lowest BCUT2D eigenvalue weighted by molar-refractivity contribution is -0.132. The Morgan fingerprint density at radius 1 is 1.42 bits per heavy atom. The maximum absolute atomic E-state index is 12.1. The molecule has 1 saturated heterocycles. The number of carbonyl (C=O) groups is 2. The van der Waals surface area contributed by atoms with Gasteiger partial charge >= 0.3 is 0 Å². The third kappa shape index (κ3) is 3.67. The number of nitrogens with one attached hydrogen (secondary N) is 1. The summed E-state index contributed by atoms with van der Waals surface area (Å²) >= 11 is 5.83. The molecule has 1 aliphatic rings. The van der Waals surface area contributed by atoms with Gasteiger partial charge in [-0.1, -0.05) is 11.6 Å². The van der Waals surface area contributed by atoms with E-state index in [1.807, 2.05) is 0 Å². The van der Waals surface area contributed by atoms with Crippen LogP contribution >= 0.6 is 11.6 Å². The molecule has 0 spiro atoms. The molecular weight excluding hydrogens is 266 g/mol. The van der Waals surface area contributed by atoms with Crippen molar-refractivity contribution < 1.29 is 9.59 Å². The zero-order valence-corrected chi connectivity index (χ0v) is 11.5. The van der Waals surface area contributed by atoms with Gasteiger partial charge in [-0.15, -0.1) is 0 Å². The van der Waals surface area contributed by atoms with Crippen LogP contribution in [0.15, 0.2) is 18.3 Å². The first kappa shape index (κ1) is 13.8. The van der Waals surface area contributed by atoms with Crippen LogP contribution in [-0.4, -0.2) is 34.8 Å². The predicted octanol–water partition coefficient (Wildman–Crippen LogP) is 1.93. The Hall–Kier alpha value is -1.62. The molecule has 1 aliphatic heterocycles. The van der Waals surface area contributed by atoms with Crippen LogP contribution < -0.4 is 5.32 Å². The van der Waals surface area contributed by atoms with Crippen LogP contribution in [-0.2, 0) is 9.59 Å². The van der Waals surface area contributed by atoms with Gasteiger partial charge in [-0.2, -0.15) is 0 Å². The van der Waals surface area contributed by atoms with E-state index in [9.17, 15) is 9.59 Å². The average Bonchev–Trinajstić information content (AvgIpc) is 2.39. The first-order valence-electron chi connectivity index (χ1n) is 6.24. The van der Waals surface area contributed by atoms with Crippen molar-refractivity contribution in [1.82, 2.24) is 9.88 Å². The second kappa shape index (κ2) is 6.02. The second-order valence-electron chi connectivity index (χ2n) is 4.63. The lowest BCUT2D eigenvalue weighted by atomic mass is 9.96. The van der Waals surface area contributed by atoms with E-state index < -0.39 is 0 Å². The Morgan fingerprint density at radius 2 is 2.11 bits per heavy atom. The van der Waals surface area contributed by atoms with E-state index in [2.05, 4.69) is 10.3 Å². The van der Waals surface area contributed by atoms with Gasteiger partial charge in [-0.05, 0) is 25.0 Å². The molecule has 0 aliphatic carbocycles. The predicted molar refractivity (Wildman–Crippen MR) is 72.9 cm³/mol. The highest BCUT2D eigenvalue weighted by Gasteiger charge is 2.26. The van der Waals surface area contributed by atoms with Gasteiger partial charge in [0.05, 0.1) is 0 Å². The van der Waals surface area contributed by atoms with Crippen molar-refractivity contribution in [3.05, 3.63) is 23.4 Å². The van der Waals surface area contributed by atoms with E-state index in [-0.39, 0.29) is 17.7 Å². The summed E-state index contributed by atoms with van der Waals surface area (Å²) in [7, 11) is 0. The molecule has 0 bridgehead atoms. The highest BCUT2D eigenvalue weighted by atomic mass is 35.5. The largest absolute Gasteiger partial charge is 0.343 e. The first-order chi connectivity index (χ1) is 9.06. The Kier molecular flexibility index (Phi) is 4.37. The van der Waals surface area contributed by atoms with Gasteiger partial charge in [-0.25, -0.2) is 4.98 Å². The van der Waals surface area contributed by atoms with E-state index in [1.165, 1.54) is 0 Å². The van der Waals surface area contributed by atoms with E-state index in [0.29, 0.717) is 36.8 Å². The summed E-state index contributed by atoms with van der Waals surface area (Å²) in [6.07, 6.45) is 2.92. The highest BCUT2D eigenvalue weighted by Crippen LogP contribution is 2.19. The first-order valence-corrected chi connectivity index (χ1v) is 6.62. The number of rotatable bonds is 2. The zero-order valence-electron chi connectivity index (χ0n) is 10.7. The van der Waals surface area contributed by atoms with Crippen molar-refractivity contribution in [2.24, 2.45) is 5.92 Å². The van der Waals surface area contributed by atoms with Crippen molar-refractivity contribution in [3.63, 3.8) is 0 Å². The van der Waals surface area contributed by atoms with Gasteiger partial charge in [0.1, 0.15) is 5.82 Å². The van der Waals surface area contributed by atoms with Crippen molar-refractivity contribution >= 4 is 29.2 Å². The van der Waals surface area contributed by atoms with Crippen molar-refractivity contribution in [2.45, 2.75) is 19.8 Å². The molecule has 0 aromatic carbocycles. The van der Waals surface area contributed by atoms with Crippen LogP contribution in [0.5, 0.6) is 0 Å². The smallest absolute Gasteiger partial charge is 0.228 e. The standard InChI is InChI=1S/C13H16ClN3O2/c1-9(18)17-6-3-10(4-7-17)13(19)16-12-8-11(14)2-5-15-12/h2,5,8,10H,3-4,6-7H2,1H3,(H,15,16,19). The summed E-state index contributed by atoms with van der Waals surface area (Å²) in [5.41, 5.74) is 0. The SMILES string of the molecule is CC(=O)N1CCC(C(=O)Nc2cc(Cl)ccn2)CC1. The number of amides is 2. The number of piperidine rings is 1.